The summed E-state index contributed by atoms with van der Waals surface area (Å²) in [6, 6.07) is 21.1. The number of anilines is 2. The number of ether oxygens (including phenoxy) is 1. The Kier molecular flexibility index (Phi) is 5.66. The fourth-order valence-corrected chi connectivity index (χ4v) is 3.40. The number of hydrogen-bond donors (Lipinski definition) is 0. The van der Waals surface area contributed by atoms with Crippen molar-refractivity contribution in [3.8, 4) is 5.75 Å². The molecule has 4 rings (SSSR count). The Hall–Kier alpha value is -3.80. The van der Waals surface area contributed by atoms with E-state index < -0.39 is 6.09 Å². The van der Waals surface area contributed by atoms with E-state index in [9.17, 15) is 4.79 Å². The largest absolute Gasteiger partial charge is 0.419 e. The van der Waals surface area contributed by atoms with Crippen molar-refractivity contribution in [2.45, 2.75) is 13.3 Å². The van der Waals surface area contributed by atoms with Crippen molar-refractivity contribution in [3.05, 3.63) is 85.3 Å². The second-order valence-electron chi connectivity index (χ2n) is 6.97. The van der Waals surface area contributed by atoms with Crippen molar-refractivity contribution in [2.24, 2.45) is 0 Å². The van der Waals surface area contributed by atoms with E-state index in [1.54, 1.807) is 19.4 Å². The number of aromatic nitrogens is 2. The lowest BCUT2D eigenvalue weighted by Gasteiger charge is -2.26. The van der Waals surface area contributed by atoms with Crippen LogP contribution in [0.15, 0.2) is 85.3 Å². The molecule has 6 nitrogen and oxygen atoms in total. The molecule has 0 fully saturated rings. The second-order valence-corrected chi connectivity index (χ2v) is 6.97. The molecule has 0 aliphatic rings. The summed E-state index contributed by atoms with van der Waals surface area (Å²) in [4.78, 5) is 18.1. The molecule has 0 aliphatic carbocycles. The Labute approximate surface area is 175 Å². The predicted molar refractivity (Wildman–Crippen MR) is 120 cm³/mol. The first-order chi connectivity index (χ1) is 14.7. The van der Waals surface area contributed by atoms with Crippen molar-refractivity contribution >= 4 is 28.4 Å². The molecule has 0 N–H and O–H groups in total. The van der Waals surface area contributed by atoms with Gasteiger partial charge in [0.25, 0.3) is 0 Å². The smallest absolute Gasteiger partial charge is 0.410 e. The monoisotopic (exact) mass is 400 g/mol. The van der Waals surface area contributed by atoms with E-state index in [2.05, 4.69) is 21.6 Å². The number of hydrogen-bond acceptors (Lipinski definition) is 4. The van der Waals surface area contributed by atoms with Crippen LogP contribution in [0.1, 0.15) is 13.3 Å². The minimum absolute atomic E-state index is 0.427. The summed E-state index contributed by atoms with van der Waals surface area (Å²) in [5, 5.41) is 3.21. The lowest BCUT2D eigenvalue weighted by Crippen LogP contribution is -2.29. The highest BCUT2D eigenvalue weighted by Gasteiger charge is 2.15. The molecule has 0 radical (unpaired) electrons. The summed E-state index contributed by atoms with van der Waals surface area (Å²) >= 11 is 0. The van der Waals surface area contributed by atoms with Gasteiger partial charge in [0.15, 0.2) is 0 Å². The van der Waals surface area contributed by atoms with Gasteiger partial charge >= 0.3 is 6.09 Å². The van der Waals surface area contributed by atoms with Gasteiger partial charge in [-0.2, -0.15) is 0 Å². The number of carbonyl (C=O) groups excluding carboxylic acids is 1. The average Bonchev–Trinajstić information content (AvgIpc) is 3.21. The highest BCUT2D eigenvalue weighted by atomic mass is 16.6. The quantitative estimate of drug-likeness (QED) is 0.438. The van der Waals surface area contributed by atoms with E-state index in [0.29, 0.717) is 5.75 Å². The molecule has 0 aliphatic heterocycles. The number of amides is 1. The molecule has 0 atom stereocenters. The van der Waals surface area contributed by atoms with Gasteiger partial charge in [-0.1, -0.05) is 25.1 Å². The molecule has 0 saturated heterocycles. The van der Waals surface area contributed by atoms with Crippen molar-refractivity contribution in [2.75, 3.05) is 23.5 Å². The number of pyridine rings is 1. The van der Waals surface area contributed by atoms with Crippen LogP contribution in [-0.4, -0.2) is 29.3 Å². The SMILES string of the molecule is CCCN(c1ccncc1)n1ccc2cc(OC(=O)N(C)c3ccccc3)ccc21. The number of nitrogens with zero attached hydrogens (tertiary/aromatic N) is 4. The van der Waals surface area contributed by atoms with Gasteiger partial charge in [-0.05, 0) is 55.0 Å². The van der Waals surface area contributed by atoms with Crippen LogP contribution in [0.5, 0.6) is 5.75 Å². The van der Waals surface area contributed by atoms with Gasteiger partial charge in [0.05, 0.1) is 11.2 Å². The van der Waals surface area contributed by atoms with Gasteiger partial charge in [0, 0.05) is 43.3 Å². The Morgan fingerprint density at radius 1 is 1.00 bits per heavy atom. The summed E-state index contributed by atoms with van der Waals surface area (Å²) in [6.45, 7) is 3.02. The Morgan fingerprint density at radius 3 is 2.50 bits per heavy atom. The van der Waals surface area contributed by atoms with Crippen LogP contribution in [0.25, 0.3) is 10.9 Å². The number of rotatable bonds is 6. The van der Waals surface area contributed by atoms with E-state index in [1.165, 1.54) is 4.90 Å². The van der Waals surface area contributed by atoms with Crippen molar-refractivity contribution in [1.82, 2.24) is 9.66 Å². The Bertz CT molecular complexity index is 1130. The highest BCUT2D eigenvalue weighted by molar-refractivity contribution is 5.89. The molecular weight excluding hydrogens is 376 g/mol. The number of benzene rings is 2. The van der Waals surface area contributed by atoms with Crippen LogP contribution < -0.4 is 14.6 Å². The third kappa shape index (κ3) is 3.98. The first-order valence-corrected chi connectivity index (χ1v) is 9.97. The highest BCUT2D eigenvalue weighted by Crippen LogP contribution is 2.26. The standard InChI is InChI=1S/C24H24N4O2/c1-3-16-27(21-11-14-25-15-12-21)28-17-13-19-18-22(9-10-23(19)28)30-24(29)26(2)20-7-5-4-6-8-20/h4-15,17-18H,3,16H2,1-2H3. The maximum atomic E-state index is 12.5. The normalized spacial score (nSPS) is 10.7. The molecule has 0 spiro atoms. The summed E-state index contributed by atoms with van der Waals surface area (Å²) < 4.78 is 7.72. The van der Waals surface area contributed by atoms with Crippen molar-refractivity contribution in [1.29, 1.82) is 0 Å². The van der Waals surface area contributed by atoms with Gasteiger partial charge in [-0.25, -0.2) is 4.79 Å². The third-order valence-electron chi connectivity index (χ3n) is 4.92. The van der Waals surface area contributed by atoms with Crippen LogP contribution in [0.3, 0.4) is 0 Å². The molecule has 2 aromatic carbocycles. The van der Waals surface area contributed by atoms with Crippen LogP contribution >= 0.6 is 0 Å². The zero-order valence-electron chi connectivity index (χ0n) is 17.1. The van der Waals surface area contributed by atoms with Crippen LogP contribution in [0.2, 0.25) is 0 Å². The Balaban J connectivity index is 1.58. The van der Waals surface area contributed by atoms with Gasteiger partial charge in [-0.15, -0.1) is 0 Å². The van der Waals surface area contributed by atoms with E-state index in [0.717, 1.165) is 35.2 Å². The minimum atomic E-state index is -0.427. The van der Waals surface area contributed by atoms with Crippen molar-refractivity contribution in [3.63, 3.8) is 0 Å². The summed E-state index contributed by atoms with van der Waals surface area (Å²) in [6.07, 6.45) is 6.20. The summed E-state index contributed by atoms with van der Waals surface area (Å²) in [5.74, 6) is 0.513. The average molecular weight is 400 g/mol. The Morgan fingerprint density at radius 2 is 1.77 bits per heavy atom. The molecule has 30 heavy (non-hydrogen) atoms. The molecule has 2 heterocycles. The predicted octanol–water partition coefficient (Wildman–Crippen LogP) is 5.35. The zero-order chi connectivity index (χ0) is 20.9. The van der Waals surface area contributed by atoms with Crippen molar-refractivity contribution < 1.29 is 9.53 Å². The minimum Gasteiger partial charge on any atom is -0.410 e. The van der Waals surface area contributed by atoms with Gasteiger partial charge in [0.1, 0.15) is 5.75 Å². The molecule has 1 amide bonds. The molecular formula is C24H24N4O2. The van der Waals surface area contributed by atoms with E-state index in [1.807, 2.05) is 72.9 Å². The van der Waals surface area contributed by atoms with Crippen LogP contribution in [-0.2, 0) is 0 Å². The summed E-state index contributed by atoms with van der Waals surface area (Å²) in [7, 11) is 1.70. The lowest BCUT2D eigenvalue weighted by atomic mass is 10.2. The maximum Gasteiger partial charge on any atom is 0.419 e. The van der Waals surface area contributed by atoms with Gasteiger partial charge < -0.3 is 4.74 Å². The molecule has 0 unspecified atom stereocenters. The third-order valence-corrected chi connectivity index (χ3v) is 4.92. The van der Waals surface area contributed by atoms with Gasteiger partial charge in [0.2, 0.25) is 0 Å². The van der Waals surface area contributed by atoms with E-state index >= 15 is 0 Å². The molecule has 4 aromatic rings. The number of fused-ring (bicyclic) bond motifs is 1. The first kappa shape index (κ1) is 19.5. The maximum absolute atomic E-state index is 12.5. The molecule has 152 valence electrons. The van der Waals surface area contributed by atoms with E-state index in [4.69, 9.17) is 4.74 Å². The lowest BCUT2D eigenvalue weighted by molar-refractivity contribution is 0.209. The molecule has 0 saturated carbocycles. The molecule has 0 bridgehead atoms. The fraction of sp³-hybridized carbons (Fsp3) is 0.167. The molecule has 2 aromatic heterocycles. The van der Waals surface area contributed by atoms with Gasteiger partial charge in [-0.3, -0.25) is 19.6 Å². The zero-order valence-corrected chi connectivity index (χ0v) is 17.1. The number of para-hydroxylation sites is 1. The van der Waals surface area contributed by atoms with Crippen LogP contribution in [0.4, 0.5) is 16.2 Å². The fourth-order valence-electron chi connectivity index (χ4n) is 3.40. The molecule has 6 heteroatoms. The summed E-state index contributed by atoms with van der Waals surface area (Å²) in [5.41, 5.74) is 2.89. The van der Waals surface area contributed by atoms with Crippen LogP contribution in [0, 0.1) is 0 Å². The first-order valence-electron chi connectivity index (χ1n) is 9.97. The van der Waals surface area contributed by atoms with E-state index in [-0.39, 0.29) is 0 Å². The topological polar surface area (TPSA) is 50.6 Å². The number of carbonyl (C=O) groups is 1. The second kappa shape index (κ2) is 8.69.